The number of hydrogen-bond acceptors (Lipinski definition) is 3. The Balaban J connectivity index is 1.64. The van der Waals surface area contributed by atoms with Crippen LogP contribution >= 0.6 is 11.3 Å². The number of H-pyrrole nitrogens is 1. The Bertz CT molecular complexity index is 731. The van der Waals surface area contributed by atoms with Crippen LogP contribution in [0.5, 0.6) is 0 Å². The highest BCUT2D eigenvalue weighted by Gasteiger charge is 2.06. The first-order valence-corrected chi connectivity index (χ1v) is 7.37. The van der Waals surface area contributed by atoms with Gasteiger partial charge in [0.25, 0.3) is 0 Å². The molecule has 2 aromatic heterocycles. The molecule has 2 N–H and O–H groups in total. The minimum Gasteiger partial charge on any atom is -0.342 e. The number of aromatic amines is 1. The van der Waals surface area contributed by atoms with Gasteiger partial charge in [0.1, 0.15) is 5.82 Å². The quantitative estimate of drug-likeness (QED) is 0.770. The van der Waals surface area contributed by atoms with Crippen LogP contribution in [0.15, 0.2) is 35.7 Å². The lowest BCUT2D eigenvalue weighted by molar-refractivity contribution is -0.116. The first-order chi connectivity index (χ1) is 9.70. The molecule has 4 nitrogen and oxygen atoms in total. The number of rotatable bonds is 4. The molecule has 2 heterocycles. The number of nitrogens with zero attached hydrogens (tertiary/aromatic N) is 1. The van der Waals surface area contributed by atoms with Gasteiger partial charge in [-0.05, 0) is 43.0 Å². The van der Waals surface area contributed by atoms with Gasteiger partial charge in [-0.2, -0.15) is 0 Å². The summed E-state index contributed by atoms with van der Waals surface area (Å²) in [6.07, 6.45) is 1.29. The minimum atomic E-state index is 0.0361. The van der Waals surface area contributed by atoms with E-state index < -0.39 is 0 Å². The first kappa shape index (κ1) is 12.9. The number of benzene rings is 1. The van der Waals surface area contributed by atoms with Crippen LogP contribution in [-0.4, -0.2) is 15.9 Å². The molecule has 0 bridgehead atoms. The fourth-order valence-electron chi connectivity index (χ4n) is 2.13. The standard InChI is InChI=1S/C15H15N3OS/c1-10-16-13-6-4-11(9-14(13)17-10)18-15(19)7-5-12-3-2-8-20-12/h2-4,6,8-9H,5,7H2,1H3,(H,16,17)(H,18,19). The van der Waals surface area contributed by atoms with E-state index in [9.17, 15) is 4.79 Å². The fraction of sp³-hybridized carbons (Fsp3) is 0.200. The van der Waals surface area contributed by atoms with E-state index in [0.29, 0.717) is 6.42 Å². The number of carbonyl (C=O) groups is 1. The molecule has 3 aromatic rings. The highest BCUT2D eigenvalue weighted by atomic mass is 32.1. The number of anilines is 1. The SMILES string of the molecule is Cc1nc2ccc(NC(=O)CCc3cccs3)cc2[nH]1. The molecule has 20 heavy (non-hydrogen) atoms. The van der Waals surface area contributed by atoms with Crippen molar-refractivity contribution in [1.82, 2.24) is 9.97 Å². The summed E-state index contributed by atoms with van der Waals surface area (Å²) in [5, 5.41) is 4.95. The highest BCUT2D eigenvalue weighted by Crippen LogP contribution is 2.18. The monoisotopic (exact) mass is 285 g/mol. The third-order valence-electron chi connectivity index (χ3n) is 3.06. The number of carbonyl (C=O) groups excluding carboxylic acids is 1. The summed E-state index contributed by atoms with van der Waals surface area (Å²) in [5.74, 6) is 0.912. The third-order valence-corrected chi connectivity index (χ3v) is 4.00. The number of thiophene rings is 1. The summed E-state index contributed by atoms with van der Waals surface area (Å²) in [6.45, 7) is 1.92. The lowest BCUT2D eigenvalue weighted by atomic mass is 10.2. The van der Waals surface area contributed by atoms with Gasteiger partial charge in [-0.15, -0.1) is 11.3 Å². The Morgan fingerprint density at radius 2 is 2.30 bits per heavy atom. The van der Waals surface area contributed by atoms with Crippen molar-refractivity contribution in [3.8, 4) is 0 Å². The van der Waals surface area contributed by atoms with E-state index in [1.165, 1.54) is 4.88 Å². The van der Waals surface area contributed by atoms with Crippen LogP contribution in [0.4, 0.5) is 5.69 Å². The topological polar surface area (TPSA) is 57.8 Å². The largest absolute Gasteiger partial charge is 0.342 e. The number of aromatic nitrogens is 2. The molecular weight excluding hydrogens is 270 g/mol. The van der Waals surface area contributed by atoms with Crippen molar-refractivity contribution in [2.75, 3.05) is 5.32 Å². The zero-order valence-corrected chi connectivity index (χ0v) is 12.0. The van der Waals surface area contributed by atoms with E-state index in [1.54, 1.807) is 11.3 Å². The molecule has 0 aliphatic carbocycles. The van der Waals surface area contributed by atoms with E-state index in [1.807, 2.05) is 36.6 Å². The normalized spacial score (nSPS) is 10.8. The van der Waals surface area contributed by atoms with Gasteiger partial charge in [-0.1, -0.05) is 6.07 Å². The van der Waals surface area contributed by atoms with Crippen LogP contribution in [0.2, 0.25) is 0 Å². The first-order valence-electron chi connectivity index (χ1n) is 6.49. The van der Waals surface area contributed by atoms with Crippen LogP contribution in [-0.2, 0) is 11.2 Å². The molecule has 0 unspecified atom stereocenters. The molecule has 0 fully saturated rings. The molecular formula is C15H15N3OS. The van der Waals surface area contributed by atoms with Gasteiger partial charge in [0.15, 0.2) is 0 Å². The molecule has 3 rings (SSSR count). The van der Waals surface area contributed by atoms with Gasteiger partial charge in [-0.25, -0.2) is 4.98 Å². The minimum absolute atomic E-state index is 0.0361. The molecule has 0 saturated carbocycles. The fourth-order valence-corrected chi connectivity index (χ4v) is 2.84. The van der Waals surface area contributed by atoms with Crippen molar-refractivity contribution < 1.29 is 4.79 Å². The number of fused-ring (bicyclic) bond motifs is 1. The van der Waals surface area contributed by atoms with Crippen LogP contribution in [0, 0.1) is 6.92 Å². The van der Waals surface area contributed by atoms with Gasteiger partial charge in [0.2, 0.25) is 5.91 Å². The van der Waals surface area contributed by atoms with Crippen LogP contribution in [0.25, 0.3) is 11.0 Å². The zero-order chi connectivity index (χ0) is 13.9. The summed E-state index contributed by atoms with van der Waals surface area (Å²) >= 11 is 1.68. The van der Waals surface area contributed by atoms with Crippen molar-refractivity contribution in [2.45, 2.75) is 19.8 Å². The van der Waals surface area contributed by atoms with Crippen molar-refractivity contribution in [3.63, 3.8) is 0 Å². The number of nitrogens with one attached hydrogen (secondary N) is 2. The van der Waals surface area contributed by atoms with E-state index >= 15 is 0 Å². The predicted octanol–water partition coefficient (Wildman–Crippen LogP) is 3.50. The maximum absolute atomic E-state index is 11.9. The number of aryl methyl sites for hydroxylation is 2. The van der Waals surface area contributed by atoms with Crippen LogP contribution in [0.3, 0.4) is 0 Å². The molecule has 102 valence electrons. The molecule has 1 aromatic carbocycles. The van der Waals surface area contributed by atoms with E-state index in [-0.39, 0.29) is 5.91 Å². The number of imidazole rings is 1. The van der Waals surface area contributed by atoms with Crippen LogP contribution in [0.1, 0.15) is 17.1 Å². The summed E-state index contributed by atoms with van der Waals surface area (Å²) in [5.41, 5.74) is 2.66. The molecule has 0 aliphatic rings. The van der Waals surface area contributed by atoms with Crippen molar-refractivity contribution in [3.05, 3.63) is 46.4 Å². The second kappa shape index (κ2) is 5.46. The average Bonchev–Trinajstić information content (AvgIpc) is 3.04. The number of hydrogen-bond donors (Lipinski definition) is 2. The molecule has 0 radical (unpaired) electrons. The molecule has 0 spiro atoms. The highest BCUT2D eigenvalue weighted by molar-refractivity contribution is 7.09. The van der Waals surface area contributed by atoms with Crippen molar-refractivity contribution >= 4 is 34.0 Å². The second-order valence-electron chi connectivity index (χ2n) is 4.68. The molecule has 0 saturated heterocycles. The number of amides is 1. The predicted molar refractivity (Wildman–Crippen MR) is 82.1 cm³/mol. The second-order valence-corrected chi connectivity index (χ2v) is 5.71. The van der Waals surface area contributed by atoms with E-state index in [0.717, 1.165) is 29.0 Å². The summed E-state index contributed by atoms with van der Waals surface area (Å²) in [4.78, 5) is 20.7. The van der Waals surface area contributed by atoms with E-state index in [2.05, 4.69) is 21.4 Å². The average molecular weight is 285 g/mol. The lowest BCUT2D eigenvalue weighted by Gasteiger charge is -2.04. The Kier molecular flexibility index (Phi) is 3.52. The van der Waals surface area contributed by atoms with Gasteiger partial charge in [0, 0.05) is 17.0 Å². The van der Waals surface area contributed by atoms with Gasteiger partial charge >= 0.3 is 0 Å². The Labute approximate surface area is 120 Å². The maximum atomic E-state index is 11.9. The smallest absolute Gasteiger partial charge is 0.224 e. The van der Waals surface area contributed by atoms with Gasteiger partial charge in [0.05, 0.1) is 11.0 Å². The maximum Gasteiger partial charge on any atom is 0.224 e. The van der Waals surface area contributed by atoms with Crippen LogP contribution < -0.4 is 5.32 Å². The molecule has 0 aliphatic heterocycles. The molecule has 1 amide bonds. The Morgan fingerprint density at radius 3 is 3.10 bits per heavy atom. The molecule has 0 atom stereocenters. The summed E-state index contributed by atoms with van der Waals surface area (Å²) < 4.78 is 0. The Morgan fingerprint density at radius 1 is 1.40 bits per heavy atom. The summed E-state index contributed by atoms with van der Waals surface area (Å²) in [6, 6.07) is 9.77. The van der Waals surface area contributed by atoms with Gasteiger partial charge in [-0.3, -0.25) is 4.79 Å². The molecule has 5 heteroatoms. The zero-order valence-electron chi connectivity index (χ0n) is 11.1. The van der Waals surface area contributed by atoms with Crippen molar-refractivity contribution in [1.29, 1.82) is 0 Å². The van der Waals surface area contributed by atoms with Gasteiger partial charge < -0.3 is 10.3 Å². The Hall–Kier alpha value is -2.14. The lowest BCUT2D eigenvalue weighted by Crippen LogP contribution is -2.11. The third kappa shape index (κ3) is 2.88. The summed E-state index contributed by atoms with van der Waals surface area (Å²) in [7, 11) is 0. The van der Waals surface area contributed by atoms with Crippen molar-refractivity contribution in [2.24, 2.45) is 0 Å². The van der Waals surface area contributed by atoms with E-state index in [4.69, 9.17) is 0 Å².